The number of hydrogen-bond acceptors (Lipinski definition) is 6. The van der Waals surface area contributed by atoms with Gasteiger partial charge in [0.1, 0.15) is 0 Å². The predicted molar refractivity (Wildman–Crippen MR) is 126 cm³/mol. The maximum atomic E-state index is 12.9. The SMILES string of the molecule is Cn1c(=NC(=O)c2cccc(NS(=O)(=O)c3ccc(Cl)cc3)c2)sc2cc3c(cc21)OCO3. The molecule has 1 aromatic heterocycles. The Morgan fingerprint density at radius 1 is 1.09 bits per heavy atom. The number of aromatic nitrogens is 1. The van der Waals surface area contributed by atoms with Gasteiger partial charge in [-0.2, -0.15) is 4.99 Å². The number of benzene rings is 3. The molecule has 0 atom stereocenters. The lowest BCUT2D eigenvalue weighted by Gasteiger charge is -2.09. The van der Waals surface area contributed by atoms with Crippen molar-refractivity contribution in [1.29, 1.82) is 0 Å². The molecular formula is C22H16ClN3O5S2. The Hall–Kier alpha value is -3.34. The van der Waals surface area contributed by atoms with Crippen LogP contribution in [0.5, 0.6) is 11.5 Å². The normalized spacial score (nSPS) is 13.5. The maximum Gasteiger partial charge on any atom is 0.279 e. The summed E-state index contributed by atoms with van der Waals surface area (Å²) >= 11 is 7.17. The minimum absolute atomic E-state index is 0.0606. The van der Waals surface area contributed by atoms with Crippen molar-refractivity contribution in [1.82, 2.24) is 4.57 Å². The van der Waals surface area contributed by atoms with Crippen LogP contribution < -0.4 is 19.0 Å². The molecule has 3 aromatic carbocycles. The second-order valence-electron chi connectivity index (χ2n) is 7.17. The highest BCUT2D eigenvalue weighted by Gasteiger charge is 2.18. The van der Waals surface area contributed by atoms with E-state index in [1.165, 1.54) is 41.7 Å². The lowest BCUT2D eigenvalue weighted by molar-refractivity contribution is 0.0998. The van der Waals surface area contributed by atoms with E-state index in [2.05, 4.69) is 9.71 Å². The topological polar surface area (TPSA) is 99.0 Å². The molecule has 33 heavy (non-hydrogen) atoms. The van der Waals surface area contributed by atoms with Gasteiger partial charge in [-0.15, -0.1) is 0 Å². The van der Waals surface area contributed by atoms with Gasteiger partial charge in [0.05, 0.1) is 15.1 Å². The van der Waals surface area contributed by atoms with E-state index in [1.807, 2.05) is 19.2 Å². The number of nitrogens with zero attached hydrogens (tertiary/aromatic N) is 2. The molecule has 0 radical (unpaired) electrons. The number of rotatable bonds is 4. The highest BCUT2D eigenvalue weighted by atomic mass is 35.5. The van der Waals surface area contributed by atoms with Crippen molar-refractivity contribution in [3.05, 3.63) is 76.1 Å². The average molecular weight is 502 g/mol. The summed E-state index contributed by atoms with van der Waals surface area (Å²) in [6.45, 7) is 0.185. The van der Waals surface area contributed by atoms with E-state index in [-0.39, 0.29) is 22.9 Å². The highest BCUT2D eigenvalue weighted by Crippen LogP contribution is 2.36. The first-order chi connectivity index (χ1) is 15.8. The summed E-state index contributed by atoms with van der Waals surface area (Å²) in [6.07, 6.45) is 0. The minimum Gasteiger partial charge on any atom is -0.454 e. The van der Waals surface area contributed by atoms with Crippen LogP contribution in [0.4, 0.5) is 5.69 Å². The van der Waals surface area contributed by atoms with Gasteiger partial charge < -0.3 is 14.0 Å². The molecule has 0 bridgehead atoms. The van der Waals surface area contributed by atoms with E-state index in [1.54, 1.807) is 22.8 Å². The Labute approximate surface area is 197 Å². The number of anilines is 1. The number of nitrogens with one attached hydrogen (secondary N) is 1. The second-order valence-corrected chi connectivity index (χ2v) is 10.3. The van der Waals surface area contributed by atoms with Crippen molar-refractivity contribution < 1.29 is 22.7 Å². The lowest BCUT2D eigenvalue weighted by Crippen LogP contribution is -2.14. The summed E-state index contributed by atoms with van der Waals surface area (Å²) in [7, 11) is -2.03. The average Bonchev–Trinajstić information content (AvgIpc) is 3.36. The van der Waals surface area contributed by atoms with Crippen LogP contribution in [0.1, 0.15) is 10.4 Å². The number of halogens is 1. The fourth-order valence-corrected chi connectivity index (χ4v) is 5.52. The zero-order valence-corrected chi connectivity index (χ0v) is 19.5. The maximum absolute atomic E-state index is 12.9. The van der Waals surface area contributed by atoms with Crippen molar-refractivity contribution in [3.63, 3.8) is 0 Å². The second kappa shape index (κ2) is 8.22. The summed E-state index contributed by atoms with van der Waals surface area (Å²) in [6, 6.07) is 15.7. The number of fused-ring (bicyclic) bond motifs is 2. The number of amides is 1. The molecule has 0 saturated carbocycles. The van der Waals surface area contributed by atoms with E-state index in [4.69, 9.17) is 21.1 Å². The van der Waals surface area contributed by atoms with Crippen LogP contribution in [-0.4, -0.2) is 25.7 Å². The molecule has 1 N–H and O–H groups in total. The van der Waals surface area contributed by atoms with Gasteiger partial charge in [0.2, 0.25) is 6.79 Å². The summed E-state index contributed by atoms with van der Waals surface area (Å²) in [5.41, 5.74) is 1.36. The molecule has 1 aliphatic rings. The fraction of sp³-hybridized carbons (Fsp3) is 0.0909. The van der Waals surface area contributed by atoms with Crippen molar-refractivity contribution in [2.24, 2.45) is 12.0 Å². The number of sulfonamides is 1. The smallest absolute Gasteiger partial charge is 0.279 e. The first-order valence-electron chi connectivity index (χ1n) is 9.67. The van der Waals surface area contributed by atoms with E-state index < -0.39 is 15.9 Å². The largest absolute Gasteiger partial charge is 0.454 e. The Kier molecular flexibility index (Phi) is 5.35. The summed E-state index contributed by atoms with van der Waals surface area (Å²) in [5, 5.41) is 0.433. The molecule has 0 spiro atoms. The molecule has 0 aliphatic carbocycles. The molecule has 1 amide bonds. The molecule has 4 aromatic rings. The Balaban J connectivity index is 1.44. The molecule has 0 saturated heterocycles. The van der Waals surface area contributed by atoms with E-state index in [0.29, 0.717) is 21.3 Å². The van der Waals surface area contributed by atoms with Crippen LogP contribution in [0.15, 0.2) is 70.6 Å². The monoisotopic (exact) mass is 501 g/mol. The molecule has 8 nitrogen and oxygen atoms in total. The first-order valence-corrected chi connectivity index (χ1v) is 12.3. The van der Waals surface area contributed by atoms with Crippen LogP contribution >= 0.6 is 22.9 Å². The van der Waals surface area contributed by atoms with Crippen molar-refractivity contribution in [2.75, 3.05) is 11.5 Å². The third-order valence-electron chi connectivity index (χ3n) is 4.99. The number of thiazole rings is 1. The van der Waals surface area contributed by atoms with Crippen molar-refractivity contribution in [3.8, 4) is 11.5 Å². The van der Waals surface area contributed by atoms with Crippen molar-refractivity contribution in [2.45, 2.75) is 4.90 Å². The van der Waals surface area contributed by atoms with E-state index >= 15 is 0 Å². The minimum atomic E-state index is -3.84. The lowest BCUT2D eigenvalue weighted by atomic mass is 10.2. The first kappa shape index (κ1) is 21.5. The van der Waals surface area contributed by atoms with Gasteiger partial charge >= 0.3 is 0 Å². The molecule has 0 unspecified atom stereocenters. The third-order valence-corrected chi connectivity index (χ3v) is 7.73. The number of hydrogen-bond donors (Lipinski definition) is 1. The summed E-state index contributed by atoms with van der Waals surface area (Å²) in [4.78, 5) is 17.7. The number of ether oxygens (including phenoxy) is 2. The van der Waals surface area contributed by atoms with Crippen LogP contribution in [-0.2, 0) is 17.1 Å². The van der Waals surface area contributed by atoms with Gasteiger partial charge in [0.15, 0.2) is 16.3 Å². The van der Waals surface area contributed by atoms with Crippen LogP contribution in [0.3, 0.4) is 0 Å². The molecule has 0 fully saturated rings. The van der Waals surface area contributed by atoms with Crippen LogP contribution in [0.2, 0.25) is 5.02 Å². The van der Waals surface area contributed by atoms with Gasteiger partial charge in [-0.25, -0.2) is 8.42 Å². The van der Waals surface area contributed by atoms with Gasteiger partial charge in [-0.3, -0.25) is 9.52 Å². The fourth-order valence-electron chi connectivity index (χ4n) is 3.32. The predicted octanol–water partition coefficient (Wildman–Crippen LogP) is 4.16. The van der Waals surface area contributed by atoms with Crippen LogP contribution in [0, 0.1) is 0 Å². The Morgan fingerprint density at radius 3 is 2.58 bits per heavy atom. The molecule has 5 rings (SSSR count). The van der Waals surface area contributed by atoms with E-state index in [9.17, 15) is 13.2 Å². The van der Waals surface area contributed by atoms with Gasteiger partial charge in [0.25, 0.3) is 15.9 Å². The van der Waals surface area contributed by atoms with Crippen LogP contribution in [0.25, 0.3) is 10.2 Å². The van der Waals surface area contributed by atoms with Gasteiger partial charge in [-0.1, -0.05) is 29.0 Å². The third kappa shape index (κ3) is 4.20. The summed E-state index contributed by atoms with van der Waals surface area (Å²) < 4.78 is 41.3. The summed E-state index contributed by atoms with van der Waals surface area (Å²) in [5.74, 6) is 0.807. The molecule has 11 heteroatoms. The van der Waals surface area contributed by atoms with Gasteiger partial charge in [0, 0.05) is 35.5 Å². The molecule has 168 valence electrons. The molecule has 2 heterocycles. The van der Waals surface area contributed by atoms with Crippen molar-refractivity contribution >= 4 is 54.8 Å². The number of carbonyl (C=O) groups is 1. The van der Waals surface area contributed by atoms with Gasteiger partial charge in [-0.05, 0) is 42.5 Å². The standard InChI is InChI=1S/C22H16ClN3O5S2/c1-26-17-10-18-19(31-12-30-18)11-20(17)32-22(26)24-21(27)13-3-2-4-15(9-13)25-33(28,29)16-7-5-14(23)6-8-16/h2-11,25H,12H2,1H3. The Morgan fingerprint density at radius 2 is 1.82 bits per heavy atom. The zero-order chi connectivity index (χ0) is 23.2. The quantitative estimate of drug-likeness (QED) is 0.452. The Bertz CT molecular complexity index is 1570. The molecular weight excluding hydrogens is 486 g/mol. The van der Waals surface area contributed by atoms with E-state index in [0.717, 1.165) is 10.2 Å². The number of aryl methyl sites for hydroxylation is 1. The highest BCUT2D eigenvalue weighted by molar-refractivity contribution is 7.92. The number of carbonyl (C=O) groups excluding carboxylic acids is 1. The zero-order valence-electron chi connectivity index (χ0n) is 17.1. The molecule has 1 aliphatic heterocycles.